The lowest BCUT2D eigenvalue weighted by molar-refractivity contribution is 0.101. The summed E-state index contributed by atoms with van der Waals surface area (Å²) in [5.74, 6) is 0.487. The van der Waals surface area contributed by atoms with Crippen LogP contribution in [0.1, 0.15) is 45.5 Å². The average molecular weight is 553 g/mol. The number of ketones is 1. The third-order valence-electron chi connectivity index (χ3n) is 5.97. The van der Waals surface area contributed by atoms with Gasteiger partial charge in [0.1, 0.15) is 0 Å². The van der Waals surface area contributed by atoms with E-state index in [1.807, 2.05) is 43.3 Å². The van der Waals surface area contributed by atoms with Crippen LogP contribution in [0.2, 0.25) is 0 Å². The van der Waals surface area contributed by atoms with Crippen molar-refractivity contribution in [3.8, 4) is 34.5 Å². The number of rotatable bonds is 16. The summed E-state index contributed by atoms with van der Waals surface area (Å²) in [5.41, 5.74) is 2.93. The Morgan fingerprint density at radius 3 is 1.51 bits per heavy atom. The molecule has 0 N–H and O–H groups in total. The summed E-state index contributed by atoms with van der Waals surface area (Å²) in [7, 11) is 0. The molecule has 0 heterocycles. The standard InChI is InChI=1S/C34H32O7/c1-9-36-29-22(7)20-26(31(38-11-3)33(29)40-13-5)28(24-18-16-15-17-19-24)27-21-25(23(8)35)30(37-10-2)34(41-14-6)32(27)39-12-4/h9-21,28H,1-6H2,7-8H3. The van der Waals surface area contributed by atoms with Crippen molar-refractivity contribution in [1.29, 1.82) is 0 Å². The first-order valence-electron chi connectivity index (χ1n) is 12.5. The van der Waals surface area contributed by atoms with E-state index < -0.39 is 5.92 Å². The van der Waals surface area contributed by atoms with E-state index in [2.05, 4.69) is 39.5 Å². The van der Waals surface area contributed by atoms with Gasteiger partial charge in [0.25, 0.3) is 0 Å². The Morgan fingerprint density at radius 2 is 1.02 bits per heavy atom. The van der Waals surface area contributed by atoms with Crippen LogP contribution in [0.15, 0.2) is 120 Å². The van der Waals surface area contributed by atoms with Crippen molar-refractivity contribution in [3.05, 3.63) is 147 Å². The van der Waals surface area contributed by atoms with Crippen molar-refractivity contribution in [1.82, 2.24) is 0 Å². The fraction of sp³-hybridized carbons (Fsp3) is 0.0882. The molecule has 0 spiro atoms. The quantitative estimate of drug-likeness (QED) is 0.100. The third-order valence-corrected chi connectivity index (χ3v) is 5.97. The number of ether oxygens (including phenoxy) is 6. The molecule has 3 aromatic rings. The van der Waals surface area contributed by atoms with E-state index in [4.69, 9.17) is 28.4 Å². The van der Waals surface area contributed by atoms with Crippen LogP contribution in [-0.2, 0) is 0 Å². The number of carbonyl (C=O) groups excluding carboxylic acids is 1. The van der Waals surface area contributed by atoms with Crippen molar-refractivity contribution >= 4 is 5.78 Å². The first-order valence-corrected chi connectivity index (χ1v) is 12.5. The van der Waals surface area contributed by atoms with Crippen LogP contribution in [0.3, 0.4) is 0 Å². The highest BCUT2D eigenvalue weighted by Gasteiger charge is 2.33. The molecule has 0 aliphatic rings. The van der Waals surface area contributed by atoms with Crippen LogP contribution in [-0.4, -0.2) is 5.78 Å². The number of hydrogen-bond donors (Lipinski definition) is 0. The highest BCUT2D eigenvalue weighted by Crippen LogP contribution is 2.53. The molecular formula is C34H32O7. The Bertz CT molecular complexity index is 1490. The molecule has 41 heavy (non-hydrogen) atoms. The van der Waals surface area contributed by atoms with Gasteiger partial charge in [-0.05, 0) is 37.1 Å². The number of hydrogen-bond acceptors (Lipinski definition) is 7. The highest BCUT2D eigenvalue weighted by atomic mass is 16.5. The minimum Gasteiger partial charge on any atom is -0.461 e. The van der Waals surface area contributed by atoms with Crippen molar-refractivity contribution in [3.63, 3.8) is 0 Å². The van der Waals surface area contributed by atoms with Crippen LogP contribution in [0.4, 0.5) is 0 Å². The van der Waals surface area contributed by atoms with Crippen molar-refractivity contribution < 1.29 is 33.2 Å². The van der Waals surface area contributed by atoms with Gasteiger partial charge in [-0.3, -0.25) is 4.79 Å². The fourth-order valence-electron chi connectivity index (χ4n) is 4.50. The van der Waals surface area contributed by atoms with Gasteiger partial charge >= 0.3 is 0 Å². The predicted molar refractivity (Wildman–Crippen MR) is 160 cm³/mol. The predicted octanol–water partition coefficient (Wildman–Crippen LogP) is 8.51. The van der Waals surface area contributed by atoms with E-state index in [9.17, 15) is 4.79 Å². The van der Waals surface area contributed by atoms with Crippen LogP contribution < -0.4 is 28.4 Å². The van der Waals surface area contributed by atoms with Gasteiger partial charge in [-0.2, -0.15) is 0 Å². The Balaban J connectivity index is 2.61. The van der Waals surface area contributed by atoms with Gasteiger partial charge in [0.2, 0.25) is 11.5 Å². The van der Waals surface area contributed by atoms with Gasteiger partial charge in [0.05, 0.1) is 43.1 Å². The maximum absolute atomic E-state index is 12.9. The molecule has 0 bridgehead atoms. The molecule has 0 aliphatic heterocycles. The summed E-state index contributed by atoms with van der Waals surface area (Å²) in [5, 5.41) is 0. The first kappa shape index (κ1) is 30.1. The maximum atomic E-state index is 12.9. The lowest BCUT2D eigenvalue weighted by atomic mass is 9.82. The Morgan fingerprint density at radius 1 is 0.610 bits per heavy atom. The Hall–Kier alpha value is -5.43. The zero-order valence-corrected chi connectivity index (χ0v) is 23.2. The first-order chi connectivity index (χ1) is 19.9. The minimum absolute atomic E-state index is 0.112. The molecule has 210 valence electrons. The molecule has 7 nitrogen and oxygen atoms in total. The molecule has 1 unspecified atom stereocenters. The van der Waals surface area contributed by atoms with Crippen molar-refractivity contribution in [2.24, 2.45) is 0 Å². The summed E-state index contributed by atoms with van der Waals surface area (Å²) in [4.78, 5) is 12.9. The lowest BCUT2D eigenvalue weighted by Crippen LogP contribution is -2.12. The molecule has 0 fully saturated rings. The smallest absolute Gasteiger partial charge is 0.212 e. The normalized spacial score (nSPS) is 10.8. The fourth-order valence-corrected chi connectivity index (χ4v) is 4.50. The molecule has 3 rings (SSSR count). The average Bonchev–Trinajstić information content (AvgIpc) is 2.96. The molecule has 0 aromatic heterocycles. The summed E-state index contributed by atoms with van der Waals surface area (Å²) in [6.45, 7) is 25.5. The third kappa shape index (κ3) is 6.25. The van der Waals surface area contributed by atoms with Gasteiger partial charge in [0.15, 0.2) is 28.8 Å². The lowest BCUT2D eigenvalue weighted by Gasteiger charge is -2.27. The van der Waals surface area contributed by atoms with Crippen LogP contribution >= 0.6 is 0 Å². The summed E-state index contributed by atoms with van der Waals surface area (Å²) < 4.78 is 34.9. The summed E-state index contributed by atoms with van der Waals surface area (Å²) in [6, 6.07) is 13.1. The van der Waals surface area contributed by atoms with Gasteiger partial charge in [-0.15, -0.1) is 0 Å². The van der Waals surface area contributed by atoms with E-state index in [1.165, 1.54) is 44.5 Å². The maximum Gasteiger partial charge on any atom is 0.212 e. The highest BCUT2D eigenvalue weighted by molar-refractivity contribution is 5.99. The molecule has 0 saturated heterocycles. The second-order valence-electron chi connectivity index (χ2n) is 8.38. The van der Waals surface area contributed by atoms with Crippen molar-refractivity contribution in [2.75, 3.05) is 0 Å². The molecule has 3 aromatic carbocycles. The molecule has 7 heteroatoms. The van der Waals surface area contributed by atoms with E-state index in [-0.39, 0.29) is 34.3 Å². The molecule has 0 aliphatic carbocycles. The zero-order valence-electron chi connectivity index (χ0n) is 23.2. The summed E-state index contributed by atoms with van der Waals surface area (Å²) in [6.07, 6.45) is 7.48. The van der Waals surface area contributed by atoms with Crippen molar-refractivity contribution in [2.45, 2.75) is 19.8 Å². The molecule has 0 saturated carbocycles. The van der Waals surface area contributed by atoms with Crippen LogP contribution in [0.5, 0.6) is 34.5 Å². The van der Waals surface area contributed by atoms with Gasteiger partial charge in [-0.25, -0.2) is 0 Å². The molecule has 0 amide bonds. The molecular weight excluding hydrogens is 520 g/mol. The van der Waals surface area contributed by atoms with Crippen LogP contribution in [0.25, 0.3) is 0 Å². The van der Waals surface area contributed by atoms with Gasteiger partial charge in [0, 0.05) is 17.0 Å². The zero-order chi connectivity index (χ0) is 29.9. The minimum atomic E-state index is -0.618. The van der Waals surface area contributed by atoms with E-state index in [0.717, 1.165) is 5.56 Å². The van der Waals surface area contributed by atoms with E-state index in [1.54, 1.807) is 6.07 Å². The molecule has 1 atom stereocenters. The largest absolute Gasteiger partial charge is 0.461 e. The van der Waals surface area contributed by atoms with Gasteiger partial charge < -0.3 is 28.4 Å². The van der Waals surface area contributed by atoms with Gasteiger partial charge in [-0.1, -0.05) is 69.8 Å². The van der Waals surface area contributed by atoms with Crippen LogP contribution in [0, 0.1) is 6.92 Å². The number of Topliss-reactive ketones (excluding diaryl/α,β-unsaturated/α-hetero) is 1. The monoisotopic (exact) mass is 552 g/mol. The SMILES string of the molecule is C=COc1c(C)cc(C(c2ccccc2)c2cc(C(C)=O)c(OC=C)c(OC=C)c2OC=C)c(OC=C)c1OC=C. The number of benzene rings is 3. The Labute approximate surface area is 240 Å². The summed E-state index contributed by atoms with van der Waals surface area (Å²) >= 11 is 0. The second kappa shape index (κ2) is 14.1. The molecule has 0 radical (unpaired) electrons. The topological polar surface area (TPSA) is 72.5 Å². The number of carbonyl (C=O) groups is 1. The second-order valence-corrected chi connectivity index (χ2v) is 8.38. The Kier molecular flexibility index (Phi) is 10.4. The number of aryl methyl sites for hydroxylation is 1. The van der Waals surface area contributed by atoms with E-state index >= 15 is 0 Å². The van der Waals surface area contributed by atoms with E-state index in [0.29, 0.717) is 28.2 Å².